The molecule has 7 rings (SSSR count). The number of ether oxygens (including phenoxy) is 1. The van der Waals surface area contributed by atoms with Crippen LogP contribution in [-0.2, 0) is 6.54 Å². The zero-order chi connectivity index (χ0) is 34.3. The Morgan fingerprint density at radius 2 is 1.86 bits per heavy atom. The number of piperidine rings is 1. The summed E-state index contributed by atoms with van der Waals surface area (Å²) in [6, 6.07) is 11.5. The molecule has 0 spiro atoms. The second-order valence-electron chi connectivity index (χ2n) is 12.2. The van der Waals surface area contributed by atoms with Gasteiger partial charge in [-0.05, 0) is 50.1 Å². The van der Waals surface area contributed by atoms with Crippen molar-refractivity contribution in [3.63, 3.8) is 0 Å². The molecule has 2 aromatic carbocycles. The van der Waals surface area contributed by atoms with Crippen molar-refractivity contribution in [1.29, 1.82) is 0 Å². The number of nitrogens with one attached hydrogen (secondary N) is 2. The summed E-state index contributed by atoms with van der Waals surface area (Å²) in [6.45, 7) is 7.50. The number of alkyl halides is 3. The van der Waals surface area contributed by atoms with Crippen LogP contribution in [0.4, 0.5) is 41.1 Å². The first-order valence-electron chi connectivity index (χ1n) is 16.0. The molecule has 2 aliphatic heterocycles. The van der Waals surface area contributed by atoms with Crippen molar-refractivity contribution < 1.29 is 22.7 Å². The Hall–Kier alpha value is -5.44. The van der Waals surface area contributed by atoms with Gasteiger partial charge in [0.15, 0.2) is 0 Å². The minimum atomic E-state index is -4.84. The van der Waals surface area contributed by atoms with Gasteiger partial charge in [-0.25, -0.2) is 14.8 Å². The predicted molar refractivity (Wildman–Crippen MR) is 179 cm³/mol. The molecule has 0 saturated carbocycles. The molecular weight excluding hydrogens is 637 g/mol. The van der Waals surface area contributed by atoms with E-state index in [2.05, 4.69) is 46.9 Å². The maximum atomic E-state index is 13.7. The summed E-state index contributed by atoms with van der Waals surface area (Å²) in [4.78, 5) is 36.1. The van der Waals surface area contributed by atoms with E-state index in [1.54, 1.807) is 30.4 Å². The molecule has 5 aromatic rings. The third-order valence-electron chi connectivity index (χ3n) is 8.99. The second-order valence-corrected chi connectivity index (χ2v) is 12.2. The number of rotatable bonds is 8. The van der Waals surface area contributed by atoms with Crippen LogP contribution in [0.5, 0.6) is 5.75 Å². The highest BCUT2D eigenvalue weighted by atomic mass is 19.4. The van der Waals surface area contributed by atoms with Gasteiger partial charge in [-0.15, -0.1) is 13.2 Å². The number of hydrogen-bond donors (Lipinski definition) is 2. The molecule has 254 valence electrons. The van der Waals surface area contributed by atoms with E-state index in [1.165, 1.54) is 29.3 Å². The Balaban J connectivity index is 1.09. The number of hydrogen-bond acceptors (Lipinski definition) is 8. The highest BCUT2D eigenvalue weighted by Crippen LogP contribution is 2.36. The highest BCUT2D eigenvalue weighted by Gasteiger charge is 2.33. The second kappa shape index (κ2) is 12.9. The molecule has 1 saturated heterocycles. The number of para-hydroxylation sites is 1. The number of anilines is 4. The van der Waals surface area contributed by atoms with E-state index in [9.17, 15) is 18.0 Å². The van der Waals surface area contributed by atoms with Crippen molar-refractivity contribution in [3.05, 3.63) is 78.4 Å². The molecule has 2 amide bonds. The topological polar surface area (TPSA) is 120 Å². The molecule has 0 bridgehead atoms. The summed E-state index contributed by atoms with van der Waals surface area (Å²) in [5.41, 5.74) is 4.25. The van der Waals surface area contributed by atoms with Crippen LogP contribution < -0.4 is 19.9 Å². The quantitative estimate of drug-likeness (QED) is 0.183. The van der Waals surface area contributed by atoms with Gasteiger partial charge in [0.1, 0.15) is 17.4 Å². The molecule has 0 atom stereocenters. The largest absolute Gasteiger partial charge is 0.573 e. The summed E-state index contributed by atoms with van der Waals surface area (Å²) in [6.07, 6.45) is 4.16. The molecule has 2 aliphatic rings. The van der Waals surface area contributed by atoms with Crippen LogP contribution in [0.3, 0.4) is 0 Å². The average molecular weight is 673 g/mol. The van der Waals surface area contributed by atoms with Crippen LogP contribution in [0.25, 0.3) is 22.6 Å². The number of likely N-dealkylation sites (tertiary alicyclic amines) is 1. The fourth-order valence-corrected chi connectivity index (χ4v) is 6.34. The molecule has 15 heteroatoms. The number of nitrogens with zero attached hydrogens (tertiary/aromatic N) is 8. The minimum absolute atomic E-state index is 0.214. The number of benzene rings is 2. The van der Waals surface area contributed by atoms with E-state index < -0.39 is 6.36 Å². The van der Waals surface area contributed by atoms with Gasteiger partial charge in [-0.1, -0.05) is 31.2 Å². The third-order valence-corrected chi connectivity index (χ3v) is 8.99. The molecule has 0 unspecified atom stereocenters. The fraction of sp³-hybridized carbons (Fsp3) is 0.324. The lowest BCUT2D eigenvalue weighted by atomic mass is 10.1. The van der Waals surface area contributed by atoms with Crippen molar-refractivity contribution in [2.24, 2.45) is 0 Å². The number of carbonyl (C=O) groups excluding carboxylic acids is 1. The zero-order valence-corrected chi connectivity index (χ0v) is 27.2. The normalized spacial score (nSPS) is 15.8. The predicted octanol–water partition coefficient (Wildman–Crippen LogP) is 6.91. The van der Waals surface area contributed by atoms with Gasteiger partial charge in [-0.2, -0.15) is 10.1 Å². The molecule has 0 radical (unpaired) electrons. The number of urea groups is 1. The highest BCUT2D eigenvalue weighted by molar-refractivity contribution is 6.05. The molecular formula is C34H35F3N10O2. The first-order valence-corrected chi connectivity index (χ1v) is 16.0. The molecule has 2 N–H and O–H groups in total. The number of carbonyl (C=O) groups is 1. The SMILES string of the molecule is CCN1CCC(n2cc(Nc3ncc4c(n3)N(C)C(=O)N(c3cc(-c5ncc(-c6ccccc6OC(F)(F)F)[nH]5)ccc3C)C4)cn2)CC1. The van der Waals surface area contributed by atoms with Gasteiger partial charge < -0.3 is 19.9 Å². The number of imidazole rings is 1. The smallest absolute Gasteiger partial charge is 0.405 e. The van der Waals surface area contributed by atoms with Gasteiger partial charge in [-0.3, -0.25) is 14.5 Å². The van der Waals surface area contributed by atoms with Gasteiger partial charge in [0.05, 0.1) is 36.4 Å². The van der Waals surface area contributed by atoms with Crippen molar-refractivity contribution >= 4 is 29.2 Å². The van der Waals surface area contributed by atoms with E-state index in [4.69, 9.17) is 0 Å². The van der Waals surface area contributed by atoms with Crippen LogP contribution in [-0.4, -0.2) is 73.7 Å². The minimum Gasteiger partial charge on any atom is -0.405 e. The maximum absolute atomic E-state index is 13.7. The van der Waals surface area contributed by atoms with E-state index in [1.807, 2.05) is 36.0 Å². The summed E-state index contributed by atoms with van der Waals surface area (Å²) in [5.74, 6) is 0.947. The summed E-state index contributed by atoms with van der Waals surface area (Å²) < 4.78 is 45.2. The van der Waals surface area contributed by atoms with Crippen LogP contribution in [0.1, 0.15) is 36.9 Å². The monoisotopic (exact) mass is 672 g/mol. The van der Waals surface area contributed by atoms with Crippen LogP contribution in [0, 0.1) is 6.92 Å². The number of aryl methyl sites for hydroxylation is 1. The van der Waals surface area contributed by atoms with E-state index in [0.717, 1.165) is 49.3 Å². The fourth-order valence-electron chi connectivity index (χ4n) is 6.34. The lowest BCUT2D eigenvalue weighted by Gasteiger charge is -2.35. The lowest BCUT2D eigenvalue weighted by Crippen LogP contribution is -2.46. The Morgan fingerprint density at radius 3 is 2.63 bits per heavy atom. The molecule has 5 heterocycles. The Kier molecular flexibility index (Phi) is 8.44. The number of H-pyrrole nitrogens is 1. The molecule has 1 fully saturated rings. The number of aromatic amines is 1. The average Bonchev–Trinajstić information content (AvgIpc) is 3.77. The summed E-state index contributed by atoms with van der Waals surface area (Å²) in [7, 11) is 1.67. The van der Waals surface area contributed by atoms with Gasteiger partial charge >= 0.3 is 12.4 Å². The van der Waals surface area contributed by atoms with Crippen molar-refractivity contribution in [3.8, 4) is 28.4 Å². The lowest BCUT2D eigenvalue weighted by molar-refractivity contribution is -0.274. The molecule has 49 heavy (non-hydrogen) atoms. The van der Waals surface area contributed by atoms with E-state index >= 15 is 0 Å². The standard InChI is InChI=1S/C34H35F3N10O2/c1-4-45-13-11-25(12-14-45)47-20-24(17-40-47)41-32-39-16-23-19-46(33(48)44(3)31(23)43-32)28-15-22(10-9-21(28)2)30-38-18-27(42-30)26-7-5-6-8-29(26)49-34(35,36)37/h5-10,15-18,20,25H,4,11-14,19H2,1-3H3,(H,38,42)(H,39,41,43). The van der Waals surface area contributed by atoms with Crippen LogP contribution in [0.15, 0.2) is 67.3 Å². The Morgan fingerprint density at radius 1 is 1.06 bits per heavy atom. The maximum Gasteiger partial charge on any atom is 0.573 e. The first-order chi connectivity index (χ1) is 23.6. The van der Waals surface area contributed by atoms with Crippen LogP contribution >= 0.6 is 0 Å². The van der Waals surface area contributed by atoms with Gasteiger partial charge in [0, 0.05) is 54.9 Å². The van der Waals surface area contributed by atoms with Crippen molar-refractivity contribution in [2.75, 3.05) is 41.8 Å². The first kappa shape index (κ1) is 32.1. The number of aromatic nitrogens is 6. The van der Waals surface area contributed by atoms with Crippen LogP contribution in [0.2, 0.25) is 0 Å². The molecule has 3 aromatic heterocycles. The van der Waals surface area contributed by atoms with Crippen molar-refractivity contribution in [2.45, 2.75) is 45.6 Å². The zero-order valence-electron chi connectivity index (χ0n) is 27.2. The molecule has 0 aliphatic carbocycles. The number of halogens is 3. The Labute approximate surface area is 280 Å². The summed E-state index contributed by atoms with van der Waals surface area (Å²) in [5, 5.41) is 7.80. The molecule has 12 nitrogen and oxygen atoms in total. The van der Waals surface area contributed by atoms with Crippen molar-refractivity contribution in [1.82, 2.24) is 34.6 Å². The van der Waals surface area contributed by atoms with E-state index in [-0.39, 0.29) is 23.9 Å². The number of amides is 2. The third kappa shape index (κ3) is 6.66. The number of fused-ring (bicyclic) bond motifs is 1. The van der Waals surface area contributed by atoms with E-state index in [0.29, 0.717) is 40.6 Å². The Bertz CT molecular complexity index is 1980. The van der Waals surface area contributed by atoms with Gasteiger partial charge in [0.25, 0.3) is 0 Å². The summed E-state index contributed by atoms with van der Waals surface area (Å²) >= 11 is 0. The van der Waals surface area contributed by atoms with Gasteiger partial charge in [0.2, 0.25) is 5.95 Å².